The average molecular weight is 614 g/mol. The summed E-state index contributed by atoms with van der Waals surface area (Å²) < 4.78 is 35.3. The summed E-state index contributed by atoms with van der Waals surface area (Å²) in [5.74, 6) is 0.269. The fourth-order valence-corrected chi connectivity index (χ4v) is 8.29. The number of fused-ring (bicyclic) bond motifs is 1. The maximum atomic E-state index is 17.0. The number of halogens is 2. The highest BCUT2D eigenvalue weighted by molar-refractivity contribution is 7.16. The first-order valence-corrected chi connectivity index (χ1v) is 15.7. The molecule has 1 aromatic carbocycles. The molecule has 0 spiro atoms. The molecule has 3 aromatic rings. The Hall–Kier alpha value is -3.11. The van der Waals surface area contributed by atoms with Crippen molar-refractivity contribution in [3.8, 4) is 17.8 Å². The zero-order chi connectivity index (χ0) is 29.1. The third-order valence-corrected chi connectivity index (χ3v) is 10.4. The number of rotatable bonds is 5. The molecule has 10 nitrogen and oxygen atoms in total. The Morgan fingerprint density at radius 1 is 1.19 bits per heavy atom. The normalized spacial score (nSPS) is 23.0. The number of likely N-dealkylation sites (N-methyl/N-ethyl adjacent to an activating group) is 1. The molecule has 4 aliphatic heterocycles. The second-order valence-electron chi connectivity index (χ2n) is 11.4. The van der Waals surface area contributed by atoms with Gasteiger partial charge in [-0.3, -0.25) is 4.90 Å². The third-order valence-electron chi connectivity index (χ3n) is 8.94. The van der Waals surface area contributed by atoms with Crippen LogP contribution in [0, 0.1) is 17.1 Å². The van der Waals surface area contributed by atoms with Crippen molar-refractivity contribution in [2.75, 3.05) is 62.0 Å². The van der Waals surface area contributed by atoms with Crippen molar-refractivity contribution >= 4 is 56.0 Å². The second kappa shape index (κ2) is 10.9. The number of ether oxygens (including phenoxy) is 3. The summed E-state index contributed by atoms with van der Waals surface area (Å²) in [7, 11) is 2.09. The van der Waals surface area contributed by atoms with Gasteiger partial charge in [0.15, 0.2) is 11.6 Å². The summed E-state index contributed by atoms with van der Waals surface area (Å²) in [6, 6.07) is 2.60. The number of likely N-dealkylation sites (tertiary alicyclic amines) is 1. The van der Waals surface area contributed by atoms with Crippen LogP contribution in [0.25, 0.3) is 10.9 Å². The Morgan fingerprint density at radius 3 is 2.79 bits per heavy atom. The van der Waals surface area contributed by atoms with Crippen molar-refractivity contribution < 1.29 is 18.6 Å². The van der Waals surface area contributed by atoms with E-state index in [1.54, 1.807) is 4.90 Å². The maximum Gasteiger partial charge on any atom is 0.319 e. The van der Waals surface area contributed by atoms with Gasteiger partial charge in [-0.05, 0) is 52.6 Å². The van der Waals surface area contributed by atoms with E-state index >= 15 is 4.39 Å². The molecule has 2 saturated heterocycles. The molecule has 222 valence electrons. The van der Waals surface area contributed by atoms with Gasteiger partial charge in [-0.25, -0.2) is 4.39 Å². The number of anilines is 4. The molecule has 4 aliphatic rings. The first kappa shape index (κ1) is 27.7. The smallest absolute Gasteiger partial charge is 0.319 e. The highest BCUT2D eigenvalue weighted by Gasteiger charge is 2.37. The van der Waals surface area contributed by atoms with Crippen molar-refractivity contribution in [1.82, 2.24) is 14.9 Å². The van der Waals surface area contributed by atoms with Crippen LogP contribution in [0.15, 0.2) is 0 Å². The van der Waals surface area contributed by atoms with Crippen LogP contribution >= 0.6 is 22.9 Å². The van der Waals surface area contributed by atoms with E-state index in [0.717, 1.165) is 43.5 Å². The Balaban J connectivity index is 1.43. The van der Waals surface area contributed by atoms with Gasteiger partial charge in [0.05, 0.1) is 30.3 Å². The van der Waals surface area contributed by atoms with E-state index in [1.807, 2.05) is 6.92 Å². The molecule has 2 N–H and O–H groups in total. The summed E-state index contributed by atoms with van der Waals surface area (Å²) in [5, 5.41) is 10.9. The van der Waals surface area contributed by atoms with Gasteiger partial charge in [0.2, 0.25) is 0 Å². The molecule has 3 atom stereocenters. The van der Waals surface area contributed by atoms with Crippen LogP contribution in [0.3, 0.4) is 0 Å². The molecule has 2 aromatic heterocycles. The van der Waals surface area contributed by atoms with Crippen LogP contribution in [-0.4, -0.2) is 79.6 Å². The fourth-order valence-electron chi connectivity index (χ4n) is 6.89. The SMILES string of the molecule is C[C@H](Oc1nc2c3c(c(Cl)c(N4CCCc5sc(N)c(C#N)c54)c(F)c3n1)OCCN2C1CCOC1)C1CCCN1C. The molecular formula is C29H33ClFN7O3S. The van der Waals surface area contributed by atoms with Crippen LogP contribution in [0.1, 0.15) is 43.0 Å². The summed E-state index contributed by atoms with van der Waals surface area (Å²) in [5.41, 5.74) is 7.37. The molecule has 0 saturated carbocycles. The lowest BCUT2D eigenvalue weighted by Crippen LogP contribution is -2.39. The van der Waals surface area contributed by atoms with Gasteiger partial charge in [-0.15, -0.1) is 11.3 Å². The number of aryl methyl sites for hydroxylation is 1. The van der Waals surface area contributed by atoms with E-state index in [-0.39, 0.29) is 40.4 Å². The standard InChI is InChI=1S/C29H33ClFN7O3S/c1-15(18-5-3-8-36(18)2)41-29-34-23-20-26(40-12-10-37(28(20)35-29)16-7-11-39-14-16)21(30)25(22(23)31)38-9-4-6-19-24(38)17(13-32)27(33)42-19/h15-16,18H,3-12,14,33H2,1-2H3/t15-,16?,18?/m0/s1. The predicted molar refractivity (Wildman–Crippen MR) is 161 cm³/mol. The number of thiophene rings is 1. The van der Waals surface area contributed by atoms with Gasteiger partial charge in [0.25, 0.3) is 0 Å². The minimum Gasteiger partial charge on any atom is -0.489 e. The molecular weight excluding hydrogens is 581 g/mol. The Morgan fingerprint density at radius 2 is 2.05 bits per heavy atom. The maximum absolute atomic E-state index is 17.0. The van der Waals surface area contributed by atoms with E-state index in [0.29, 0.717) is 66.1 Å². The first-order valence-electron chi connectivity index (χ1n) is 14.5. The predicted octanol–water partition coefficient (Wildman–Crippen LogP) is 4.87. The lowest BCUT2D eigenvalue weighted by atomic mass is 10.0. The number of nitrogen functional groups attached to an aromatic ring is 1. The monoisotopic (exact) mass is 613 g/mol. The number of nitrogens with zero attached hydrogens (tertiary/aromatic N) is 6. The van der Waals surface area contributed by atoms with Crippen LogP contribution in [0.5, 0.6) is 11.8 Å². The number of hydrogen-bond donors (Lipinski definition) is 1. The minimum absolute atomic E-state index is 0.0574. The first-order chi connectivity index (χ1) is 20.4. The summed E-state index contributed by atoms with van der Waals surface area (Å²) >= 11 is 8.42. The zero-order valence-corrected chi connectivity index (χ0v) is 25.2. The number of nitriles is 1. The largest absolute Gasteiger partial charge is 0.489 e. The lowest BCUT2D eigenvalue weighted by Gasteiger charge is -2.32. The Labute approximate surface area is 252 Å². The molecule has 7 rings (SSSR count). The highest BCUT2D eigenvalue weighted by Crippen LogP contribution is 2.52. The van der Waals surface area contributed by atoms with E-state index in [2.05, 4.69) is 27.9 Å². The van der Waals surface area contributed by atoms with Crippen molar-refractivity contribution in [2.24, 2.45) is 0 Å². The van der Waals surface area contributed by atoms with E-state index in [9.17, 15) is 5.26 Å². The van der Waals surface area contributed by atoms with E-state index < -0.39 is 5.82 Å². The topological polar surface area (TPSA) is 113 Å². The quantitative estimate of drug-likeness (QED) is 0.427. The number of benzene rings is 1. The minimum atomic E-state index is -0.604. The molecule has 0 radical (unpaired) electrons. The molecule has 42 heavy (non-hydrogen) atoms. The molecule has 0 bridgehead atoms. The average Bonchev–Trinajstić information content (AvgIpc) is 3.70. The fraction of sp³-hybridized carbons (Fsp3) is 0.552. The van der Waals surface area contributed by atoms with Gasteiger partial charge >= 0.3 is 6.01 Å². The summed E-state index contributed by atoms with van der Waals surface area (Å²) in [6.07, 6.45) is 4.25. The van der Waals surface area contributed by atoms with Crippen molar-refractivity contribution in [2.45, 2.75) is 57.2 Å². The second-order valence-corrected chi connectivity index (χ2v) is 12.9. The highest BCUT2D eigenvalue weighted by atomic mass is 35.5. The molecule has 0 aliphatic carbocycles. The van der Waals surface area contributed by atoms with Crippen LogP contribution in [0.2, 0.25) is 5.02 Å². The Bertz CT molecular complexity index is 1590. The van der Waals surface area contributed by atoms with Gasteiger partial charge in [0, 0.05) is 24.1 Å². The van der Waals surface area contributed by atoms with Gasteiger partial charge in [0.1, 0.15) is 51.4 Å². The summed E-state index contributed by atoms with van der Waals surface area (Å²) in [4.78, 5) is 16.7. The summed E-state index contributed by atoms with van der Waals surface area (Å²) in [6.45, 7) is 5.53. The van der Waals surface area contributed by atoms with E-state index in [1.165, 1.54) is 11.3 Å². The van der Waals surface area contributed by atoms with E-state index in [4.69, 9.17) is 36.5 Å². The molecule has 13 heteroatoms. The van der Waals surface area contributed by atoms with Gasteiger partial charge in [-0.1, -0.05) is 11.6 Å². The zero-order valence-electron chi connectivity index (χ0n) is 23.7. The number of hydrogen-bond acceptors (Lipinski definition) is 11. The molecule has 0 amide bonds. The van der Waals surface area contributed by atoms with Crippen molar-refractivity contribution in [3.63, 3.8) is 0 Å². The van der Waals surface area contributed by atoms with Gasteiger partial charge < -0.3 is 29.7 Å². The Kier molecular flexibility index (Phi) is 7.17. The van der Waals surface area contributed by atoms with Crippen LogP contribution in [0.4, 0.5) is 26.6 Å². The molecule has 2 fully saturated rings. The van der Waals surface area contributed by atoms with Crippen LogP contribution in [-0.2, 0) is 11.2 Å². The van der Waals surface area contributed by atoms with Crippen molar-refractivity contribution in [3.05, 3.63) is 21.3 Å². The van der Waals surface area contributed by atoms with Gasteiger partial charge in [-0.2, -0.15) is 15.2 Å². The molecule has 6 heterocycles. The number of nitrogens with two attached hydrogens (primary N) is 1. The number of aromatic nitrogens is 2. The third kappa shape index (κ3) is 4.40. The molecule has 2 unspecified atom stereocenters. The van der Waals surface area contributed by atoms with Crippen molar-refractivity contribution in [1.29, 1.82) is 5.26 Å². The lowest BCUT2D eigenvalue weighted by molar-refractivity contribution is 0.112. The van der Waals surface area contributed by atoms with Crippen LogP contribution < -0.4 is 25.0 Å².